The van der Waals surface area contributed by atoms with Gasteiger partial charge in [0.2, 0.25) is 0 Å². The van der Waals surface area contributed by atoms with Gasteiger partial charge >= 0.3 is 0 Å². The molecule has 0 aromatic carbocycles. The van der Waals surface area contributed by atoms with Crippen molar-refractivity contribution in [3.05, 3.63) is 39.0 Å². The molecule has 0 spiro atoms. The van der Waals surface area contributed by atoms with E-state index in [-0.39, 0.29) is 0 Å². The van der Waals surface area contributed by atoms with Crippen LogP contribution in [0.3, 0.4) is 0 Å². The van der Waals surface area contributed by atoms with Gasteiger partial charge < -0.3 is 5.32 Å². The van der Waals surface area contributed by atoms with Gasteiger partial charge in [0.1, 0.15) is 0 Å². The lowest BCUT2D eigenvalue weighted by Gasteiger charge is -2.03. The van der Waals surface area contributed by atoms with Crippen molar-refractivity contribution in [2.75, 3.05) is 5.32 Å². The predicted molar refractivity (Wildman–Crippen MR) is 70.8 cm³/mol. The zero-order valence-corrected chi connectivity index (χ0v) is 11.3. The molecular formula is C11H12BrN3S. The maximum absolute atomic E-state index is 4.49. The van der Waals surface area contributed by atoms with Gasteiger partial charge in [0.05, 0.1) is 29.1 Å². The Labute approximate surface area is 107 Å². The highest BCUT2D eigenvalue weighted by atomic mass is 79.9. The number of rotatable bonds is 4. The summed E-state index contributed by atoms with van der Waals surface area (Å²) >= 11 is 5.10. The summed E-state index contributed by atoms with van der Waals surface area (Å²) in [6.45, 7) is 2.86. The van der Waals surface area contributed by atoms with E-state index in [1.165, 1.54) is 5.01 Å². The average molecular weight is 298 g/mol. The summed E-state index contributed by atoms with van der Waals surface area (Å²) in [4.78, 5) is 8.58. The molecule has 2 rings (SSSR count). The number of aryl methyl sites for hydroxylation is 1. The molecule has 84 valence electrons. The van der Waals surface area contributed by atoms with Crippen LogP contribution < -0.4 is 5.32 Å². The molecule has 0 aliphatic rings. The van der Waals surface area contributed by atoms with Crippen molar-refractivity contribution >= 4 is 33.0 Å². The Balaban J connectivity index is 1.96. The zero-order chi connectivity index (χ0) is 11.4. The molecule has 1 N–H and O–H groups in total. The van der Waals surface area contributed by atoms with E-state index in [9.17, 15) is 0 Å². The molecule has 0 saturated heterocycles. The molecule has 2 aromatic rings. The molecule has 0 radical (unpaired) electrons. The molecule has 5 heteroatoms. The minimum absolute atomic E-state index is 0.745. The predicted octanol–water partition coefficient (Wildman–Crippen LogP) is 3.48. The number of hydrogen-bond acceptors (Lipinski definition) is 4. The number of halogens is 1. The van der Waals surface area contributed by atoms with Gasteiger partial charge in [-0.1, -0.05) is 6.92 Å². The Hall–Kier alpha value is -0.940. The highest BCUT2D eigenvalue weighted by molar-refractivity contribution is 9.10. The van der Waals surface area contributed by atoms with Crippen LogP contribution >= 0.6 is 27.3 Å². The third-order valence-corrected chi connectivity index (χ3v) is 3.56. The Morgan fingerprint density at radius 3 is 3.00 bits per heavy atom. The topological polar surface area (TPSA) is 37.8 Å². The highest BCUT2D eigenvalue weighted by Gasteiger charge is 2.00. The number of hydrogen-bond donors (Lipinski definition) is 1. The summed E-state index contributed by atoms with van der Waals surface area (Å²) in [5, 5.41) is 6.57. The molecule has 16 heavy (non-hydrogen) atoms. The quantitative estimate of drug-likeness (QED) is 0.939. The third kappa shape index (κ3) is 3.02. The van der Waals surface area contributed by atoms with Crippen LogP contribution in [0.15, 0.2) is 28.3 Å². The molecule has 0 aliphatic heterocycles. The molecule has 0 bridgehead atoms. The Morgan fingerprint density at radius 2 is 2.31 bits per heavy atom. The fraction of sp³-hybridized carbons (Fsp3) is 0.273. The first-order valence-electron chi connectivity index (χ1n) is 5.05. The molecule has 3 nitrogen and oxygen atoms in total. The third-order valence-electron chi connectivity index (χ3n) is 2.08. The summed E-state index contributed by atoms with van der Waals surface area (Å²) in [5.74, 6) is 0. The van der Waals surface area contributed by atoms with Gasteiger partial charge in [0.25, 0.3) is 0 Å². The molecule has 0 saturated carbocycles. The zero-order valence-electron chi connectivity index (χ0n) is 8.90. The van der Waals surface area contributed by atoms with Crippen molar-refractivity contribution in [3.63, 3.8) is 0 Å². The smallest absolute Gasteiger partial charge is 0.0926 e. The number of pyridine rings is 1. The van der Waals surface area contributed by atoms with Crippen LogP contribution in [0, 0.1) is 0 Å². The minimum Gasteiger partial charge on any atom is -0.378 e. The van der Waals surface area contributed by atoms with E-state index in [0.717, 1.165) is 28.8 Å². The van der Waals surface area contributed by atoms with E-state index in [1.807, 2.05) is 6.07 Å². The van der Waals surface area contributed by atoms with Gasteiger partial charge in [0.15, 0.2) is 0 Å². The van der Waals surface area contributed by atoms with Gasteiger partial charge in [-0.05, 0) is 28.4 Å². The van der Waals surface area contributed by atoms with Crippen LogP contribution in [0.5, 0.6) is 0 Å². The van der Waals surface area contributed by atoms with E-state index >= 15 is 0 Å². The lowest BCUT2D eigenvalue weighted by molar-refractivity contribution is 1.01. The summed E-state index contributed by atoms with van der Waals surface area (Å²) in [6.07, 6.45) is 4.57. The van der Waals surface area contributed by atoms with Gasteiger partial charge in [-0.2, -0.15) is 0 Å². The van der Waals surface area contributed by atoms with Gasteiger partial charge in [-0.25, -0.2) is 4.98 Å². The summed E-state index contributed by atoms with van der Waals surface area (Å²) < 4.78 is 0.977. The van der Waals surface area contributed by atoms with Gasteiger partial charge in [-0.3, -0.25) is 4.98 Å². The number of nitrogens with one attached hydrogen (secondary N) is 1. The fourth-order valence-corrected chi connectivity index (χ4v) is 2.40. The van der Waals surface area contributed by atoms with E-state index < -0.39 is 0 Å². The average Bonchev–Trinajstić information content (AvgIpc) is 2.74. The minimum atomic E-state index is 0.745. The second kappa shape index (κ2) is 5.41. The normalized spacial score (nSPS) is 10.4. The Bertz CT molecular complexity index is 470. The van der Waals surface area contributed by atoms with Gasteiger partial charge in [-0.15, -0.1) is 11.3 Å². The van der Waals surface area contributed by atoms with E-state index in [1.54, 1.807) is 23.7 Å². The Kier molecular flexibility index (Phi) is 3.90. The van der Waals surface area contributed by atoms with Crippen molar-refractivity contribution in [2.45, 2.75) is 19.9 Å². The number of nitrogens with zero attached hydrogens (tertiary/aromatic N) is 2. The largest absolute Gasteiger partial charge is 0.378 e. The first kappa shape index (κ1) is 11.5. The number of aromatic nitrogens is 2. The van der Waals surface area contributed by atoms with Crippen LogP contribution in [0.1, 0.15) is 17.6 Å². The van der Waals surface area contributed by atoms with Crippen molar-refractivity contribution < 1.29 is 0 Å². The monoisotopic (exact) mass is 297 g/mol. The second-order valence-corrected chi connectivity index (χ2v) is 5.19. The summed E-state index contributed by atoms with van der Waals surface area (Å²) in [5.41, 5.74) is 2.09. The van der Waals surface area contributed by atoms with Crippen molar-refractivity contribution in [1.82, 2.24) is 9.97 Å². The molecule has 0 fully saturated rings. The van der Waals surface area contributed by atoms with Crippen LogP contribution in [0.2, 0.25) is 0 Å². The molecule has 2 heterocycles. The van der Waals surface area contributed by atoms with E-state index in [0.29, 0.717) is 0 Å². The van der Waals surface area contributed by atoms with Crippen LogP contribution in [0.4, 0.5) is 5.69 Å². The van der Waals surface area contributed by atoms with Crippen molar-refractivity contribution in [1.29, 1.82) is 0 Å². The van der Waals surface area contributed by atoms with Crippen LogP contribution in [0.25, 0.3) is 0 Å². The van der Waals surface area contributed by atoms with Gasteiger partial charge in [0, 0.05) is 16.0 Å². The second-order valence-electron chi connectivity index (χ2n) is 3.33. The maximum atomic E-state index is 4.49. The molecule has 0 aliphatic carbocycles. The van der Waals surface area contributed by atoms with E-state index in [2.05, 4.69) is 43.5 Å². The molecule has 2 aromatic heterocycles. The Morgan fingerprint density at radius 1 is 1.44 bits per heavy atom. The SMILES string of the molecule is CCc1nc(CNc2cncc(Br)c2)cs1. The molecular weight excluding hydrogens is 286 g/mol. The molecule has 0 atom stereocenters. The van der Waals surface area contributed by atoms with Crippen LogP contribution in [-0.2, 0) is 13.0 Å². The number of thiazole rings is 1. The first-order valence-corrected chi connectivity index (χ1v) is 6.73. The highest BCUT2D eigenvalue weighted by Crippen LogP contribution is 2.15. The molecule has 0 amide bonds. The lowest BCUT2D eigenvalue weighted by Crippen LogP contribution is -2.00. The number of anilines is 1. The van der Waals surface area contributed by atoms with Crippen molar-refractivity contribution in [2.24, 2.45) is 0 Å². The van der Waals surface area contributed by atoms with Crippen LogP contribution in [-0.4, -0.2) is 9.97 Å². The fourth-order valence-electron chi connectivity index (χ4n) is 1.29. The standard InChI is InChI=1S/C11H12BrN3S/c1-2-11-15-10(7-16-11)6-14-9-3-8(12)4-13-5-9/h3-5,7,14H,2,6H2,1H3. The summed E-state index contributed by atoms with van der Waals surface area (Å²) in [7, 11) is 0. The van der Waals surface area contributed by atoms with Crippen molar-refractivity contribution in [3.8, 4) is 0 Å². The molecule has 0 unspecified atom stereocenters. The van der Waals surface area contributed by atoms with E-state index in [4.69, 9.17) is 0 Å². The lowest BCUT2D eigenvalue weighted by atomic mass is 10.4. The maximum Gasteiger partial charge on any atom is 0.0926 e. The summed E-state index contributed by atoms with van der Waals surface area (Å²) in [6, 6.07) is 2.00. The first-order chi connectivity index (χ1) is 7.78.